The molecular formula is C23H30N4O5S. The molecule has 178 valence electrons. The monoisotopic (exact) mass is 474 g/mol. The molecule has 2 N–H and O–H groups in total. The second kappa shape index (κ2) is 9.56. The number of hydrogen-bond donors (Lipinski definition) is 2. The Morgan fingerprint density at radius 1 is 1.12 bits per heavy atom. The Morgan fingerprint density at radius 2 is 1.88 bits per heavy atom. The molecule has 3 heterocycles. The van der Waals surface area contributed by atoms with E-state index < -0.39 is 15.9 Å². The van der Waals surface area contributed by atoms with E-state index in [9.17, 15) is 18.0 Å². The van der Waals surface area contributed by atoms with Crippen molar-refractivity contribution < 1.29 is 22.7 Å². The maximum absolute atomic E-state index is 13.2. The van der Waals surface area contributed by atoms with Crippen molar-refractivity contribution in [2.45, 2.75) is 37.5 Å². The molecule has 0 bridgehead atoms. The molecule has 0 aliphatic carbocycles. The van der Waals surface area contributed by atoms with Gasteiger partial charge in [0.1, 0.15) is 16.3 Å². The lowest BCUT2D eigenvalue weighted by atomic mass is 9.98. The van der Waals surface area contributed by atoms with Gasteiger partial charge < -0.3 is 19.9 Å². The van der Waals surface area contributed by atoms with Crippen LogP contribution in [-0.4, -0.2) is 67.7 Å². The summed E-state index contributed by atoms with van der Waals surface area (Å²) in [4.78, 5) is 30.1. The van der Waals surface area contributed by atoms with Crippen LogP contribution >= 0.6 is 0 Å². The first kappa shape index (κ1) is 23.3. The van der Waals surface area contributed by atoms with Crippen molar-refractivity contribution >= 4 is 27.5 Å². The lowest BCUT2D eigenvalue weighted by Crippen LogP contribution is -2.43. The maximum atomic E-state index is 13.2. The van der Waals surface area contributed by atoms with E-state index in [0.29, 0.717) is 43.9 Å². The Hall–Kier alpha value is -2.85. The van der Waals surface area contributed by atoms with Crippen molar-refractivity contribution in [2.75, 3.05) is 38.6 Å². The van der Waals surface area contributed by atoms with Crippen LogP contribution in [0.15, 0.2) is 35.4 Å². The van der Waals surface area contributed by atoms with Crippen LogP contribution in [0.2, 0.25) is 0 Å². The van der Waals surface area contributed by atoms with Crippen LogP contribution in [0.25, 0.3) is 0 Å². The summed E-state index contributed by atoms with van der Waals surface area (Å²) in [6.45, 7) is 3.72. The predicted molar refractivity (Wildman–Crippen MR) is 124 cm³/mol. The molecule has 2 amide bonds. The molecule has 2 aliphatic heterocycles. The third-order valence-corrected chi connectivity index (χ3v) is 8.13. The molecule has 1 aromatic carbocycles. The molecule has 33 heavy (non-hydrogen) atoms. The van der Waals surface area contributed by atoms with Crippen molar-refractivity contribution in [3.8, 4) is 5.75 Å². The number of likely N-dealkylation sites (tertiary alicyclic amines) is 1. The fourth-order valence-corrected chi connectivity index (χ4v) is 5.93. The first-order valence-corrected chi connectivity index (χ1v) is 12.7. The number of H-pyrrole nitrogens is 1. The minimum absolute atomic E-state index is 0.0476. The number of amides is 2. The molecule has 1 aromatic heterocycles. The van der Waals surface area contributed by atoms with Crippen LogP contribution in [0.1, 0.15) is 41.7 Å². The van der Waals surface area contributed by atoms with Crippen molar-refractivity contribution in [1.82, 2.24) is 14.2 Å². The number of sulfonamides is 1. The smallest absolute Gasteiger partial charge is 0.270 e. The molecule has 2 fully saturated rings. The van der Waals surface area contributed by atoms with E-state index >= 15 is 0 Å². The van der Waals surface area contributed by atoms with Crippen LogP contribution in [0.5, 0.6) is 5.75 Å². The first-order chi connectivity index (χ1) is 15.8. The van der Waals surface area contributed by atoms with Gasteiger partial charge in [-0.15, -0.1) is 0 Å². The first-order valence-electron chi connectivity index (χ1n) is 11.2. The summed E-state index contributed by atoms with van der Waals surface area (Å²) >= 11 is 0. The zero-order valence-electron chi connectivity index (χ0n) is 19.0. The predicted octanol–water partition coefficient (Wildman–Crippen LogP) is 2.61. The summed E-state index contributed by atoms with van der Waals surface area (Å²) in [6.07, 6.45) is 4.45. The topological polar surface area (TPSA) is 112 Å². The normalized spacial score (nSPS) is 19.5. The Labute approximate surface area is 194 Å². The average molecular weight is 475 g/mol. The van der Waals surface area contributed by atoms with Gasteiger partial charge in [-0.1, -0.05) is 6.07 Å². The number of hydrogen-bond acceptors (Lipinski definition) is 5. The number of aromatic amines is 1. The number of nitrogens with zero attached hydrogens (tertiary/aromatic N) is 2. The average Bonchev–Trinajstić information content (AvgIpc) is 3.52. The largest absolute Gasteiger partial charge is 0.495 e. The van der Waals surface area contributed by atoms with Crippen LogP contribution in [-0.2, 0) is 14.8 Å². The number of anilines is 1. The minimum Gasteiger partial charge on any atom is -0.495 e. The molecule has 2 aromatic rings. The summed E-state index contributed by atoms with van der Waals surface area (Å²) in [5.41, 5.74) is 1.82. The summed E-state index contributed by atoms with van der Waals surface area (Å²) in [6, 6.07) is 6.91. The highest BCUT2D eigenvalue weighted by molar-refractivity contribution is 7.89. The van der Waals surface area contributed by atoms with Crippen LogP contribution in [0, 0.1) is 12.8 Å². The number of aryl methyl sites for hydroxylation is 1. The van der Waals surface area contributed by atoms with E-state index in [1.807, 2.05) is 19.1 Å². The summed E-state index contributed by atoms with van der Waals surface area (Å²) in [5.74, 6) is -0.352. The van der Waals surface area contributed by atoms with Crippen LogP contribution < -0.4 is 10.1 Å². The molecule has 9 nitrogen and oxygen atoms in total. The second-order valence-electron chi connectivity index (χ2n) is 8.64. The highest BCUT2D eigenvalue weighted by Gasteiger charge is 2.34. The van der Waals surface area contributed by atoms with E-state index in [2.05, 4.69) is 10.3 Å². The third-order valence-electron chi connectivity index (χ3n) is 6.29. The van der Waals surface area contributed by atoms with Crippen molar-refractivity contribution in [3.63, 3.8) is 0 Å². The Kier molecular flexibility index (Phi) is 6.76. The highest BCUT2D eigenvalue weighted by atomic mass is 32.2. The minimum atomic E-state index is -3.83. The Balaban J connectivity index is 1.46. The Bertz CT molecular complexity index is 1140. The van der Waals surface area contributed by atoms with Gasteiger partial charge >= 0.3 is 0 Å². The number of aromatic nitrogens is 1. The van der Waals surface area contributed by atoms with Crippen molar-refractivity contribution in [1.29, 1.82) is 0 Å². The maximum Gasteiger partial charge on any atom is 0.270 e. The number of ether oxygens (including phenoxy) is 1. The molecular weight excluding hydrogens is 444 g/mol. The number of rotatable bonds is 6. The van der Waals surface area contributed by atoms with E-state index in [1.165, 1.54) is 23.7 Å². The molecule has 2 saturated heterocycles. The number of carbonyl (C=O) groups is 2. The summed E-state index contributed by atoms with van der Waals surface area (Å²) < 4.78 is 33.2. The zero-order chi connectivity index (χ0) is 23.6. The molecule has 1 atom stereocenters. The third kappa shape index (κ3) is 4.91. The van der Waals surface area contributed by atoms with Gasteiger partial charge in [-0.05, 0) is 56.4 Å². The van der Waals surface area contributed by atoms with E-state index in [4.69, 9.17) is 4.74 Å². The van der Waals surface area contributed by atoms with Crippen LogP contribution in [0.3, 0.4) is 0 Å². The fourth-order valence-electron chi connectivity index (χ4n) is 4.42. The van der Waals surface area contributed by atoms with E-state index in [-0.39, 0.29) is 28.9 Å². The van der Waals surface area contributed by atoms with Gasteiger partial charge in [-0.3, -0.25) is 9.59 Å². The zero-order valence-corrected chi connectivity index (χ0v) is 19.8. The summed E-state index contributed by atoms with van der Waals surface area (Å²) in [7, 11) is -2.29. The molecule has 0 radical (unpaired) electrons. The SMILES string of the molecule is COc1ccc(C)cc1NC(=O)C1CCCN(S(=O)(=O)c2c[nH]c(C(=O)N3CCCC3)c2)C1. The van der Waals surface area contributed by atoms with Gasteiger partial charge in [0, 0.05) is 32.4 Å². The van der Waals surface area contributed by atoms with Gasteiger partial charge in [0.05, 0.1) is 18.7 Å². The van der Waals surface area contributed by atoms with Gasteiger partial charge in [-0.25, -0.2) is 8.42 Å². The van der Waals surface area contributed by atoms with Gasteiger partial charge in [-0.2, -0.15) is 4.31 Å². The molecule has 2 aliphatic rings. The molecule has 1 unspecified atom stereocenters. The number of carbonyl (C=O) groups excluding carboxylic acids is 2. The molecule has 4 rings (SSSR count). The van der Waals surface area contributed by atoms with Crippen molar-refractivity contribution in [2.24, 2.45) is 5.92 Å². The highest BCUT2D eigenvalue weighted by Crippen LogP contribution is 2.29. The standard InChI is InChI=1S/C23H30N4O5S/c1-16-7-8-21(32-2)19(12-16)25-22(28)17-6-5-11-27(15-17)33(30,31)18-13-20(24-14-18)23(29)26-9-3-4-10-26/h7-8,12-14,17,24H,3-6,9-11,15H2,1-2H3,(H,25,28). The van der Waals surface area contributed by atoms with Gasteiger partial charge in [0.25, 0.3) is 5.91 Å². The van der Waals surface area contributed by atoms with E-state index in [0.717, 1.165) is 18.4 Å². The molecule has 0 spiro atoms. The lowest BCUT2D eigenvalue weighted by molar-refractivity contribution is -0.120. The fraction of sp³-hybridized carbons (Fsp3) is 0.478. The molecule has 0 saturated carbocycles. The quantitative estimate of drug-likeness (QED) is 0.668. The van der Waals surface area contributed by atoms with E-state index in [1.54, 1.807) is 11.0 Å². The number of benzene rings is 1. The number of nitrogens with one attached hydrogen (secondary N) is 2. The number of piperidine rings is 1. The van der Waals surface area contributed by atoms with Crippen LogP contribution in [0.4, 0.5) is 5.69 Å². The lowest BCUT2D eigenvalue weighted by Gasteiger charge is -2.31. The second-order valence-corrected chi connectivity index (χ2v) is 10.6. The van der Waals surface area contributed by atoms with Gasteiger partial charge in [0.2, 0.25) is 15.9 Å². The number of methoxy groups -OCH3 is 1. The van der Waals surface area contributed by atoms with Crippen molar-refractivity contribution in [3.05, 3.63) is 41.7 Å². The summed E-state index contributed by atoms with van der Waals surface area (Å²) in [5, 5.41) is 2.89. The van der Waals surface area contributed by atoms with Gasteiger partial charge in [0.15, 0.2) is 0 Å². The Morgan fingerprint density at radius 3 is 2.61 bits per heavy atom. The molecule has 10 heteroatoms.